The summed E-state index contributed by atoms with van der Waals surface area (Å²) in [7, 11) is 0. The Labute approximate surface area is 54.9 Å². The lowest BCUT2D eigenvalue weighted by molar-refractivity contribution is -0.235. The van der Waals surface area contributed by atoms with E-state index in [1.807, 2.05) is 0 Å². The highest BCUT2D eigenvalue weighted by Crippen LogP contribution is 1.67. The number of hydrogen-bond donors (Lipinski definition) is 2. The Kier molecular flexibility index (Phi) is 5.98. The highest BCUT2D eigenvalue weighted by atomic mass is 27.0. The molecular weight excluding hydrogens is 131 g/mol. The van der Waals surface area contributed by atoms with Crippen molar-refractivity contribution in [2.24, 2.45) is 0 Å². The molecule has 0 saturated heterocycles. The number of carbonyl (C=O) groups excluding carboxylic acids is 1. The molecular formula is C2H5AlO5. The second-order valence-electron chi connectivity index (χ2n) is 0.684. The lowest BCUT2D eigenvalue weighted by Crippen LogP contribution is -2.13. The van der Waals surface area contributed by atoms with Gasteiger partial charge in [-0.3, -0.25) is 4.89 Å². The van der Waals surface area contributed by atoms with Gasteiger partial charge in [0.15, 0.2) is 17.4 Å². The largest absolute Gasteiger partial charge is 0.473 e. The summed E-state index contributed by atoms with van der Waals surface area (Å²) in [5, 5.41) is 14.8. The van der Waals surface area contributed by atoms with Gasteiger partial charge >= 0.3 is 11.9 Å². The summed E-state index contributed by atoms with van der Waals surface area (Å²) in [4.78, 5) is 21.5. The number of carbonyl (C=O) groups is 2. The Bertz CT molecular complexity index is 98.6. The summed E-state index contributed by atoms with van der Waals surface area (Å²) >= 11 is 0. The molecule has 6 heteroatoms. The Morgan fingerprint density at radius 1 is 1.38 bits per heavy atom. The van der Waals surface area contributed by atoms with Gasteiger partial charge in [0.1, 0.15) is 0 Å². The molecule has 46 valence electrons. The first-order valence-corrected chi connectivity index (χ1v) is 1.27. The molecule has 5 nitrogen and oxygen atoms in total. The second-order valence-corrected chi connectivity index (χ2v) is 0.684. The zero-order chi connectivity index (χ0) is 5.86. The van der Waals surface area contributed by atoms with Crippen molar-refractivity contribution in [3.8, 4) is 0 Å². The van der Waals surface area contributed by atoms with Crippen LogP contribution in [-0.2, 0) is 14.5 Å². The molecule has 0 aliphatic heterocycles. The van der Waals surface area contributed by atoms with Gasteiger partial charge in [0.05, 0.1) is 0 Å². The summed E-state index contributed by atoms with van der Waals surface area (Å²) in [6.07, 6.45) is 0. The van der Waals surface area contributed by atoms with Crippen molar-refractivity contribution >= 4 is 29.3 Å². The van der Waals surface area contributed by atoms with E-state index in [4.69, 9.17) is 10.4 Å². The zero-order valence-electron chi connectivity index (χ0n) is 3.12. The van der Waals surface area contributed by atoms with Crippen LogP contribution in [0.4, 0.5) is 0 Å². The van der Waals surface area contributed by atoms with Gasteiger partial charge in [0.2, 0.25) is 0 Å². The third kappa shape index (κ3) is 3.62. The smallest absolute Gasteiger partial charge is 0.449 e. The predicted molar refractivity (Wildman–Crippen MR) is 26.3 cm³/mol. The molecule has 0 rings (SSSR count). The van der Waals surface area contributed by atoms with Crippen molar-refractivity contribution in [3.63, 3.8) is 0 Å². The molecule has 0 aromatic rings. The van der Waals surface area contributed by atoms with Gasteiger partial charge in [-0.15, -0.1) is 0 Å². The molecule has 0 radical (unpaired) electrons. The number of carboxylic acid groups (broad SMARTS) is 1. The first kappa shape index (κ1) is 10.4. The predicted octanol–water partition coefficient (Wildman–Crippen LogP) is -2.10. The number of carboxylic acids is 1. The van der Waals surface area contributed by atoms with Crippen LogP contribution in [0.25, 0.3) is 0 Å². The van der Waals surface area contributed by atoms with Crippen molar-refractivity contribution < 1.29 is 24.8 Å². The van der Waals surface area contributed by atoms with Crippen molar-refractivity contribution in [2.45, 2.75) is 0 Å². The van der Waals surface area contributed by atoms with Crippen LogP contribution in [0.2, 0.25) is 0 Å². The minimum Gasteiger partial charge on any atom is -0.473 e. The highest BCUT2D eigenvalue weighted by Gasteiger charge is 2.10. The van der Waals surface area contributed by atoms with E-state index in [0.29, 0.717) is 0 Å². The first-order chi connectivity index (χ1) is 3.18. The summed E-state index contributed by atoms with van der Waals surface area (Å²) in [5.74, 6) is -3.50. The molecule has 0 aromatic carbocycles. The van der Waals surface area contributed by atoms with Crippen LogP contribution in [0.15, 0.2) is 0 Å². The maximum Gasteiger partial charge on any atom is 0.449 e. The highest BCUT2D eigenvalue weighted by molar-refractivity contribution is 6.28. The van der Waals surface area contributed by atoms with Crippen LogP contribution in [0.1, 0.15) is 0 Å². The number of hydrogen-bond acceptors (Lipinski definition) is 4. The summed E-state index contributed by atoms with van der Waals surface area (Å²) in [6.45, 7) is 0. The van der Waals surface area contributed by atoms with Crippen molar-refractivity contribution in [1.82, 2.24) is 0 Å². The molecule has 0 atom stereocenters. The molecule has 0 spiro atoms. The third-order valence-electron chi connectivity index (χ3n) is 0.258. The van der Waals surface area contributed by atoms with Gasteiger partial charge in [-0.1, -0.05) is 0 Å². The molecule has 0 unspecified atom stereocenters. The quantitative estimate of drug-likeness (QED) is 0.172. The fourth-order valence-corrected chi connectivity index (χ4v) is 0.0390. The molecule has 0 aliphatic rings. The minimum atomic E-state index is -1.82. The maximum absolute atomic E-state index is 9.44. The summed E-state index contributed by atoms with van der Waals surface area (Å²) in [5.41, 5.74) is 0. The van der Waals surface area contributed by atoms with Gasteiger partial charge in [-0.25, -0.2) is 9.59 Å². The molecule has 0 aliphatic carbocycles. The lowest BCUT2D eigenvalue weighted by atomic mass is 10.7. The third-order valence-corrected chi connectivity index (χ3v) is 0.258. The van der Waals surface area contributed by atoms with Crippen LogP contribution >= 0.6 is 0 Å². The number of rotatable bonds is 0. The van der Waals surface area contributed by atoms with E-state index in [-0.39, 0.29) is 17.4 Å². The average molecular weight is 136 g/mol. The van der Waals surface area contributed by atoms with E-state index >= 15 is 0 Å². The van der Waals surface area contributed by atoms with Crippen molar-refractivity contribution in [2.75, 3.05) is 0 Å². The van der Waals surface area contributed by atoms with E-state index in [1.165, 1.54) is 0 Å². The fourth-order valence-electron chi connectivity index (χ4n) is 0.0390. The van der Waals surface area contributed by atoms with Crippen LogP contribution in [0.5, 0.6) is 0 Å². The zero-order valence-corrected chi connectivity index (χ0v) is 3.12. The van der Waals surface area contributed by atoms with Crippen LogP contribution in [0, 0.1) is 0 Å². The van der Waals surface area contributed by atoms with Crippen LogP contribution < -0.4 is 0 Å². The molecule has 2 N–H and O–H groups in total. The molecule has 0 heterocycles. The SMILES string of the molecule is O=C(O)C(=O)OO.[AlH3]. The Morgan fingerprint density at radius 3 is 1.75 bits per heavy atom. The van der Waals surface area contributed by atoms with Gasteiger partial charge < -0.3 is 5.11 Å². The second kappa shape index (κ2) is 4.59. The Morgan fingerprint density at radius 2 is 1.75 bits per heavy atom. The molecule has 0 aromatic heterocycles. The van der Waals surface area contributed by atoms with E-state index in [9.17, 15) is 9.59 Å². The van der Waals surface area contributed by atoms with E-state index in [2.05, 4.69) is 4.89 Å². The topological polar surface area (TPSA) is 83.8 Å². The van der Waals surface area contributed by atoms with Crippen molar-refractivity contribution in [3.05, 3.63) is 0 Å². The number of aliphatic carboxylic acids is 1. The average Bonchev–Trinajstić information content (AvgIpc) is 1.65. The standard InChI is InChI=1S/C2H2O5.Al.3H/c3-1(4)2(5)7-6;;;;/h6H,(H,3,4);;;;. The first-order valence-electron chi connectivity index (χ1n) is 1.27. The van der Waals surface area contributed by atoms with Crippen LogP contribution in [-0.4, -0.2) is 39.7 Å². The maximum atomic E-state index is 9.44. The van der Waals surface area contributed by atoms with E-state index in [0.717, 1.165) is 0 Å². The van der Waals surface area contributed by atoms with Gasteiger partial charge in [-0.05, 0) is 0 Å². The molecule has 0 saturated carbocycles. The monoisotopic (exact) mass is 136 g/mol. The Balaban J connectivity index is 0. The lowest BCUT2D eigenvalue weighted by Gasteiger charge is -1.82. The normalized spacial score (nSPS) is 6.62. The summed E-state index contributed by atoms with van der Waals surface area (Å²) in [6, 6.07) is 0. The van der Waals surface area contributed by atoms with E-state index < -0.39 is 11.9 Å². The molecule has 8 heavy (non-hydrogen) atoms. The van der Waals surface area contributed by atoms with Gasteiger partial charge in [0.25, 0.3) is 0 Å². The fraction of sp³-hybridized carbons (Fsp3) is 0. The minimum absolute atomic E-state index is 0. The molecule has 0 amide bonds. The van der Waals surface area contributed by atoms with Gasteiger partial charge in [0, 0.05) is 0 Å². The van der Waals surface area contributed by atoms with Gasteiger partial charge in [-0.2, -0.15) is 5.26 Å². The Hall–Kier alpha value is -0.568. The summed E-state index contributed by atoms with van der Waals surface area (Å²) < 4.78 is 0. The van der Waals surface area contributed by atoms with Crippen LogP contribution in [0.3, 0.4) is 0 Å². The molecule has 0 fully saturated rings. The van der Waals surface area contributed by atoms with Crippen molar-refractivity contribution in [1.29, 1.82) is 0 Å². The molecule has 0 bridgehead atoms. The van der Waals surface area contributed by atoms with E-state index in [1.54, 1.807) is 0 Å².